The van der Waals surface area contributed by atoms with Crippen LogP contribution in [0.25, 0.3) is 0 Å². The molecule has 1 aliphatic rings. The largest absolute Gasteiger partial charge is 0.320 e. The Bertz CT molecular complexity index is 902. The second kappa shape index (κ2) is 6.41. The summed E-state index contributed by atoms with van der Waals surface area (Å²) in [6.45, 7) is 0.380. The van der Waals surface area contributed by atoms with Crippen molar-refractivity contribution in [1.82, 2.24) is 0 Å². The van der Waals surface area contributed by atoms with E-state index < -0.39 is 21.7 Å². The zero-order chi connectivity index (χ0) is 17.3. The van der Waals surface area contributed by atoms with E-state index >= 15 is 0 Å². The zero-order valence-electron chi connectivity index (χ0n) is 12.5. The van der Waals surface area contributed by atoms with Gasteiger partial charge in [-0.15, -0.1) is 0 Å². The minimum Gasteiger partial charge on any atom is -0.320 e. The number of anilines is 2. The van der Waals surface area contributed by atoms with Gasteiger partial charge in [-0.3, -0.25) is 9.10 Å². The van der Waals surface area contributed by atoms with Gasteiger partial charge in [0.2, 0.25) is 10.0 Å². The second-order valence-electron chi connectivity index (χ2n) is 5.34. The Morgan fingerprint density at radius 1 is 1.21 bits per heavy atom. The van der Waals surface area contributed by atoms with Crippen LogP contribution in [0.5, 0.6) is 0 Å². The fourth-order valence-electron chi connectivity index (χ4n) is 2.53. The molecular formula is C16H14ClFN2O3S. The van der Waals surface area contributed by atoms with Crippen LogP contribution >= 0.6 is 11.6 Å². The van der Waals surface area contributed by atoms with E-state index in [1.165, 1.54) is 34.6 Å². The third-order valence-electron chi connectivity index (χ3n) is 3.70. The van der Waals surface area contributed by atoms with Gasteiger partial charge in [0, 0.05) is 6.54 Å². The van der Waals surface area contributed by atoms with Crippen LogP contribution in [0.15, 0.2) is 42.5 Å². The van der Waals surface area contributed by atoms with Crippen molar-refractivity contribution in [3.63, 3.8) is 0 Å². The zero-order valence-corrected chi connectivity index (χ0v) is 14.1. The van der Waals surface area contributed by atoms with E-state index in [1.807, 2.05) is 0 Å². The van der Waals surface area contributed by atoms with E-state index in [0.717, 1.165) is 0 Å². The number of amides is 1. The van der Waals surface area contributed by atoms with Gasteiger partial charge in [0.1, 0.15) is 5.82 Å². The summed E-state index contributed by atoms with van der Waals surface area (Å²) in [4.78, 5) is 12.2. The van der Waals surface area contributed by atoms with Gasteiger partial charge in [-0.1, -0.05) is 23.7 Å². The lowest BCUT2D eigenvalue weighted by atomic mass is 10.2. The van der Waals surface area contributed by atoms with Gasteiger partial charge < -0.3 is 5.32 Å². The van der Waals surface area contributed by atoms with Gasteiger partial charge in [-0.25, -0.2) is 12.8 Å². The first kappa shape index (κ1) is 16.7. The van der Waals surface area contributed by atoms with Crippen molar-refractivity contribution in [1.29, 1.82) is 0 Å². The molecule has 2 aromatic rings. The van der Waals surface area contributed by atoms with E-state index in [2.05, 4.69) is 5.32 Å². The van der Waals surface area contributed by atoms with Crippen LogP contribution in [-0.2, 0) is 10.0 Å². The third-order valence-corrected chi connectivity index (χ3v) is 5.90. The number of hydrogen-bond acceptors (Lipinski definition) is 3. The molecule has 0 unspecified atom stereocenters. The predicted octanol–water partition coefficient (Wildman–Crippen LogP) is 3.27. The molecule has 5 nitrogen and oxygen atoms in total. The van der Waals surface area contributed by atoms with Crippen molar-refractivity contribution in [3.05, 3.63) is 58.9 Å². The van der Waals surface area contributed by atoms with Crippen LogP contribution in [0.3, 0.4) is 0 Å². The number of benzene rings is 2. The summed E-state index contributed by atoms with van der Waals surface area (Å²) in [6.07, 6.45) is 0.544. The number of nitrogens with zero attached hydrogens (tertiary/aromatic N) is 1. The lowest BCUT2D eigenvalue weighted by Crippen LogP contribution is -2.25. The molecule has 0 atom stereocenters. The fourth-order valence-corrected chi connectivity index (χ4v) is 4.25. The number of halogens is 2. The Balaban J connectivity index is 1.90. The molecule has 3 rings (SSSR count). The first-order valence-electron chi connectivity index (χ1n) is 7.24. The van der Waals surface area contributed by atoms with Crippen molar-refractivity contribution in [3.8, 4) is 0 Å². The van der Waals surface area contributed by atoms with Crippen molar-refractivity contribution >= 4 is 38.9 Å². The molecule has 0 aliphatic carbocycles. The molecule has 1 N–H and O–H groups in total. The Labute approximate surface area is 144 Å². The van der Waals surface area contributed by atoms with Crippen molar-refractivity contribution in [2.24, 2.45) is 0 Å². The molecule has 126 valence electrons. The van der Waals surface area contributed by atoms with E-state index in [4.69, 9.17) is 11.6 Å². The molecule has 1 saturated heterocycles. The average molecular weight is 369 g/mol. The molecular weight excluding hydrogens is 355 g/mol. The van der Waals surface area contributed by atoms with Crippen LogP contribution in [-0.4, -0.2) is 26.6 Å². The Hall–Kier alpha value is -2.12. The van der Waals surface area contributed by atoms with Crippen LogP contribution in [0.2, 0.25) is 5.02 Å². The Kier molecular flexibility index (Phi) is 4.47. The lowest BCUT2D eigenvalue weighted by Gasteiger charge is -2.18. The summed E-state index contributed by atoms with van der Waals surface area (Å²) in [5.41, 5.74) is 0.526. The maximum atomic E-state index is 13.7. The summed E-state index contributed by atoms with van der Waals surface area (Å²) in [7, 11) is -3.34. The number of hydrogen-bond donors (Lipinski definition) is 1. The van der Waals surface area contributed by atoms with Crippen LogP contribution in [0.1, 0.15) is 16.8 Å². The molecule has 1 aliphatic heterocycles. The molecule has 1 amide bonds. The van der Waals surface area contributed by atoms with Crippen LogP contribution in [0.4, 0.5) is 15.8 Å². The number of sulfonamides is 1. The second-order valence-corrected chi connectivity index (χ2v) is 7.76. The quantitative estimate of drug-likeness (QED) is 0.904. The van der Waals surface area contributed by atoms with Gasteiger partial charge in [0.05, 0.1) is 27.7 Å². The van der Waals surface area contributed by atoms with Gasteiger partial charge in [0.15, 0.2) is 0 Å². The topological polar surface area (TPSA) is 66.5 Å². The van der Waals surface area contributed by atoms with Crippen LogP contribution in [0, 0.1) is 5.82 Å². The van der Waals surface area contributed by atoms with Crippen molar-refractivity contribution in [2.45, 2.75) is 6.42 Å². The summed E-state index contributed by atoms with van der Waals surface area (Å²) in [5, 5.41) is 2.76. The maximum Gasteiger partial charge on any atom is 0.258 e. The summed E-state index contributed by atoms with van der Waals surface area (Å²) in [5.74, 6) is -1.21. The molecule has 0 radical (unpaired) electrons. The molecule has 0 saturated carbocycles. The third kappa shape index (κ3) is 3.22. The smallest absolute Gasteiger partial charge is 0.258 e. The van der Waals surface area contributed by atoms with Crippen molar-refractivity contribution < 1.29 is 17.6 Å². The minimum atomic E-state index is -3.34. The molecule has 0 spiro atoms. The summed E-state index contributed by atoms with van der Waals surface area (Å²) in [6, 6.07) is 10.1. The van der Waals surface area contributed by atoms with Crippen molar-refractivity contribution in [2.75, 3.05) is 21.9 Å². The first-order chi connectivity index (χ1) is 11.4. The summed E-state index contributed by atoms with van der Waals surface area (Å²) >= 11 is 6.07. The highest BCUT2D eigenvalue weighted by Crippen LogP contribution is 2.31. The number of nitrogens with one attached hydrogen (secondary N) is 1. The Morgan fingerprint density at radius 3 is 2.62 bits per heavy atom. The lowest BCUT2D eigenvalue weighted by molar-refractivity contribution is 0.102. The fraction of sp³-hybridized carbons (Fsp3) is 0.188. The van der Waals surface area contributed by atoms with E-state index in [0.29, 0.717) is 18.7 Å². The van der Waals surface area contributed by atoms with E-state index in [-0.39, 0.29) is 22.0 Å². The highest BCUT2D eigenvalue weighted by atomic mass is 35.5. The predicted molar refractivity (Wildman–Crippen MR) is 91.6 cm³/mol. The normalized spacial score (nSPS) is 16.2. The van der Waals surface area contributed by atoms with Gasteiger partial charge >= 0.3 is 0 Å². The SMILES string of the molecule is O=C(Nc1cc(N2CCCS2(=O)=O)ccc1Cl)c1ccccc1F. The molecule has 1 fully saturated rings. The highest BCUT2D eigenvalue weighted by molar-refractivity contribution is 7.93. The van der Waals surface area contributed by atoms with Gasteiger partial charge in [0.25, 0.3) is 5.91 Å². The highest BCUT2D eigenvalue weighted by Gasteiger charge is 2.28. The van der Waals surface area contributed by atoms with Crippen LogP contribution < -0.4 is 9.62 Å². The molecule has 8 heteroatoms. The number of rotatable bonds is 3. The standard InChI is InChI=1S/C16H14ClFN2O3S/c17-13-7-6-11(20-8-3-9-24(20,22)23)10-15(13)19-16(21)12-4-1-2-5-14(12)18/h1-2,4-7,10H,3,8-9H2,(H,19,21). The number of carbonyl (C=O) groups excluding carboxylic acids is 1. The minimum absolute atomic E-state index is 0.0898. The van der Waals surface area contributed by atoms with E-state index in [9.17, 15) is 17.6 Å². The molecule has 0 aromatic heterocycles. The van der Waals surface area contributed by atoms with E-state index in [1.54, 1.807) is 12.1 Å². The monoisotopic (exact) mass is 368 g/mol. The molecule has 24 heavy (non-hydrogen) atoms. The molecule has 1 heterocycles. The van der Waals surface area contributed by atoms with Gasteiger partial charge in [-0.05, 0) is 36.8 Å². The average Bonchev–Trinajstić information content (AvgIpc) is 2.89. The number of carbonyl (C=O) groups is 1. The molecule has 2 aromatic carbocycles. The molecule has 0 bridgehead atoms. The Morgan fingerprint density at radius 2 is 1.96 bits per heavy atom. The first-order valence-corrected chi connectivity index (χ1v) is 9.23. The van der Waals surface area contributed by atoms with Gasteiger partial charge in [-0.2, -0.15) is 0 Å². The maximum absolute atomic E-state index is 13.7. The summed E-state index contributed by atoms with van der Waals surface area (Å²) < 4.78 is 39.0.